The lowest BCUT2D eigenvalue weighted by atomic mass is 10.1. The number of hydrogen-bond acceptors (Lipinski definition) is 4. The number of carbonyl (C=O) groups excluding carboxylic acids is 1. The highest BCUT2D eigenvalue weighted by molar-refractivity contribution is 5.78. The van der Waals surface area contributed by atoms with Gasteiger partial charge in [0.15, 0.2) is 0 Å². The van der Waals surface area contributed by atoms with Gasteiger partial charge in [-0.05, 0) is 12.5 Å². The van der Waals surface area contributed by atoms with Crippen molar-refractivity contribution in [3.8, 4) is 5.75 Å². The minimum Gasteiger partial charge on any atom is -0.496 e. The van der Waals surface area contributed by atoms with Gasteiger partial charge in [-0.2, -0.15) is 0 Å². The van der Waals surface area contributed by atoms with Crippen LogP contribution < -0.4 is 4.74 Å². The zero-order chi connectivity index (χ0) is 17.2. The molecule has 1 fully saturated rings. The predicted molar refractivity (Wildman–Crippen MR) is 94.2 cm³/mol. The van der Waals surface area contributed by atoms with Crippen LogP contribution in [-0.2, 0) is 17.9 Å². The van der Waals surface area contributed by atoms with E-state index in [9.17, 15) is 4.79 Å². The van der Waals surface area contributed by atoms with Crippen molar-refractivity contribution in [3.63, 3.8) is 0 Å². The van der Waals surface area contributed by atoms with Gasteiger partial charge in [0.05, 0.1) is 25.2 Å². The fourth-order valence-corrected chi connectivity index (χ4v) is 3.96. The van der Waals surface area contributed by atoms with Gasteiger partial charge in [0.2, 0.25) is 5.91 Å². The van der Waals surface area contributed by atoms with Crippen molar-refractivity contribution < 1.29 is 9.53 Å². The Morgan fingerprint density at radius 2 is 2.20 bits per heavy atom. The lowest BCUT2D eigenvalue weighted by Crippen LogP contribution is -2.42. The first-order valence-electron chi connectivity index (χ1n) is 8.87. The van der Waals surface area contributed by atoms with Crippen LogP contribution in [0.1, 0.15) is 30.1 Å². The summed E-state index contributed by atoms with van der Waals surface area (Å²) < 4.78 is 7.73. The number of benzene rings is 1. The first kappa shape index (κ1) is 16.1. The minimum atomic E-state index is 0.253. The molecule has 0 radical (unpaired) electrons. The van der Waals surface area contributed by atoms with E-state index >= 15 is 0 Å². The maximum atomic E-state index is 12.0. The maximum absolute atomic E-state index is 12.0. The van der Waals surface area contributed by atoms with Crippen molar-refractivity contribution in [1.82, 2.24) is 19.4 Å². The standard InChI is InChI=1S/C19H24N4O2/c1-25-18-6-3-2-5-15(18)10-21-11-16-9-20-14-23(16)17(12-21)13-22-8-4-7-19(22)24/h2-3,5-6,9,14,17H,4,7-8,10-13H2,1H3. The molecule has 0 spiro atoms. The van der Waals surface area contributed by atoms with Crippen molar-refractivity contribution in [2.75, 3.05) is 26.7 Å². The topological polar surface area (TPSA) is 50.6 Å². The van der Waals surface area contributed by atoms with Crippen LogP contribution in [0.2, 0.25) is 0 Å². The molecule has 0 bridgehead atoms. The molecule has 1 saturated heterocycles. The normalized spacial score (nSPS) is 20.8. The lowest BCUT2D eigenvalue weighted by molar-refractivity contribution is -0.128. The van der Waals surface area contributed by atoms with E-state index in [-0.39, 0.29) is 11.9 Å². The van der Waals surface area contributed by atoms with E-state index in [1.165, 1.54) is 11.3 Å². The number of para-hydroxylation sites is 1. The summed E-state index contributed by atoms with van der Waals surface area (Å²) in [6.45, 7) is 4.25. The van der Waals surface area contributed by atoms with Crippen LogP contribution in [0.25, 0.3) is 0 Å². The molecule has 1 aromatic heterocycles. The number of aromatic nitrogens is 2. The molecule has 0 saturated carbocycles. The van der Waals surface area contributed by atoms with Crippen LogP contribution in [0, 0.1) is 0 Å². The third-order valence-electron chi connectivity index (χ3n) is 5.18. The van der Waals surface area contributed by atoms with Crippen LogP contribution in [-0.4, -0.2) is 52.0 Å². The molecule has 1 amide bonds. The highest BCUT2D eigenvalue weighted by Crippen LogP contribution is 2.27. The van der Waals surface area contributed by atoms with E-state index in [0.717, 1.165) is 44.9 Å². The van der Waals surface area contributed by atoms with Gasteiger partial charge in [0, 0.05) is 50.9 Å². The number of nitrogens with zero attached hydrogens (tertiary/aromatic N) is 4. The Labute approximate surface area is 148 Å². The fourth-order valence-electron chi connectivity index (χ4n) is 3.96. The van der Waals surface area contributed by atoms with Crippen molar-refractivity contribution in [3.05, 3.63) is 48.0 Å². The van der Waals surface area contributed by atoms with E-state index in [0.29, 0.717) is 6.42 Å². The molecule has 4 rings (SSSR count). The van der Waals surface area contributed by atoms with E-state index in [1.54, 1.807) is 7.11 Å². The molecule has 1 aromatic carbocycles. The number of ether oxygens (including phenoxy) is 1. The summed E-state index contributed by atoms with van der Waals surface area (Å²) in [6, 6.07) is 8.41. The van der Waals surface area contributed by atoms with E-state index < -0.39 is 0 Å². The highest BCUT2D eigenvalue weighted by Gasteiger charge is 2.30. The second-order valence-corrected chi connectivity index (χ2v) is 6.87. The number of imidazole rings is 1. The van der Waals surface area contributed by atoms with Gasteiger partial charge >= 0.3 is 0 Å². The maximum Gasteiger partial charge on any atom is 0.222 e. The molecule has 0 aliphatic carbocycles. The third-order valence-corrected chi connectivity index (χ3v) is 5.18. The molecule has 25 heavy (non-hydrogen) atoms. The zero-order valence-electron chi connectivity index (χ0n) is 14.6. The molecule has 1 atom stereocenters. The molecule has 2 aliphatic rings. The van der Waals surface area contributed by atoms with Crippen molar-refractivity contribution in [2.24, 2.45) is 0 Å². The number of amides is 1. The fraction of sp³-hybridized carbons (Fsp3) is 0.474. The number of hydrogen-bond donors (Lipinski definition) is 0. The minimum absolute atomic E-state index is 0.253. The van der Waals surface area contributed by atoms with Gasteiger partial charge in [-0.15, -0.1) is 0 Å². The summed E-state index contributed by atoms with van der Waals surface area (Å²) in [5, 5.41) is 0. The summed E-state index contributed by atoms with van der Waals surface area (Å²) in [6.07, 6.45) is 5.51. The smallest absolute Gasteiger partial charge is 0.222 e. The van der Waals surface area contributed by atoms with Crippen LogP contribution >= 0.6 is 0 Å². The Morgan fingerprint density at radius 3 is 3.00 bits per heavy atom. The van der Waals surface area contributed by atoms with Gasteiger partial charge in [0.25, 0.3) is 0 Å². The number of rotatable bonds is 5. The van der Waals surface area contributed by atoms with Gasteiger partial charge in [0.1, 0.15) is 5.75 Å². The highest BCUT2D eigenvalue weighted by atomic mass is 16.5. The molecule has 132 valence electrons. The molecule has 1 unspecified atom stereocenters. The van der Waals surface area contributed by atoms with Gasteiger partial charge in [-0.25, -0.2) is 4.98 Å². The van der Waals surface area contributed by atoms with E-state index in [2.05, 4.69) is 20.5 Å². The van der Waals surface area contributed by atoms with E-state index in [4.69, 9.17) is 4.74 Å². The van der Waals surface area contributed by atoms with Crippen molar-refractivity contribution >= 4 is 5.91 Å². The van der Waals surface area contributed by atoms with Gasteiger partial charge in [-0.1, -0.05) is 18.2 Å². The van der Waals surface area contributed by atoms with Crippen molar-refractivity contribution in [1.29, 1.82) is 0 Å². The largest absolute Gasteiger partial charge is 0.496 e. The van der Waals surface area contributed by atoms with Crippen LogP contribution in [0.3, 0.4) is 0 Å². The van der Waals surface area contributed by atoms with E-state index in [1.807, 2.05) is 35.6 Å². The number of methoxy groups -OCH3 is 1. The molecule has 0 N–H and O–H groups in total. The van der Waals surface area contributed by atoms with Gasteiger partial charge in [-0.3, -0.25) is 9.69 Å². The summed E-state index contributed by atoms with van der Waals surface area (Å²) >= 11 is 0. The average molecular weight is 340 g/mol. The van der Waals surface area contributed by atoms with Crippen LogP contribution in [0.5, 0.6) is 5.75 Å². The summed E-state index contributed by atoms with van der Waals surface area (Å²) in [4.78, 5) is 20.8. The molecular weight excluding hydrogens is 316 g/mol. The third kappa shape index (κ3) is 3.26. The molecule has 3 heterocycles. The molecular formula is C19H24N4O2. The number of likely N-dealkylation sites (tertiary alicyclic amines) is 1. The predicted octanol–water partition coefficient (Wildman–Crippen LogP) is 2.07. The lowest BCUT2D eigenvalue weighted by Gasteiger charge is -2.36. The summed E-state index contributed by atoms with van der Waals surface area (Å²) in [7, 11) is 1.71. The van der Waals surface area contributed by atoms with Crippen LogP contribution in [0.4, 0.5) is 0 Å². The zero-order valence-corrected chi connectivity index (χ0v) is 14.6. The number of carbonyl (C=O) groups is 1. The molecule has 2 aromatic rings. The molecule has 6 nitrogen and oxygen atoms in total. The quantitative estimate of drug-likeness (QED) is 0.836. The Hall–Kier alpha value is -2.34. The summed E-state index contributed by atoms with van der Waals surface area (Å²) in [5.74, 6) is 1.20. The SMILES string of the molecule is COc1ccccc1CN1Cc2cncn2C(CN2CCCC2=O)C1. The molecule has 6 heteroatoms. The monoisotopic (exact) mass is 340 g/mol. The summed E-state index contributed by atoms with van der Waals surface area (Å²) in [5.41, 5.74) is 2.40. The Morgan fingerprint density at radius 1 is 1.32 bits per heavy atom. The van der Waals surface area contributed by atoms with Crippen molar-refractivity contribution in [2.45, 2.75) is 32.0 Å². The van der Waals surface area contributed by atoms with Gasteiger partial charge < -0.3 is 14.2 Å². The first-order chi connectivity index (χ1) is 12.2. The second-order valence-electron chi connectivity index (χ2n) is 6.87. The Kier molecular flexibility index (Phi) is 4.44. The second kappa shape index (κ2) is 6.88. The average Bonchev–Trinajstić information content (AvgIpc) is 3.25. The van der Waals surface area contributed by atoms with Crippen LogP contribution in [0.15, 0.2) is 36.8 Å². The molecule has 2 aliphatic heterocycles. The first-order valence-corrected chi connectivity index (χ1v) is 8.87. The Balaban J connectivity index is 1.52. The Bertz CT molecular complexity index is 757. The number of fused-ring (bicyclic) bond motifs is 1.